The molecule has 1 aliphatic carbocycles. The third-order valence-corrected chi connectivity index (χ3v) is 6.18. The molecule has 1 atom stereocenters. The molecular weight excluding hydrogens is 288 g/mol. The number of likely N-dealkylation sites (tertiary alicyclic amines) is 2. The fourth-order valence-corrected chi connectivity index (χ4v) is 4.72. The van der Waals surface area contributed by atoms with E-state index >= 15 is 0 Å². The van der Waals surface area contributed by atoms with Crippen LogP contribution in [0.3, 0.4) is 0 Å². The van der Waals surface area contributed by atoms with Gasteiger partial charge >= 0.3 is 0 Å². The standard InChI is InChI=1S/C19H32N2O2/c1-20-15-19(13-17(20)14-23-2)8-10-21(11-9-19)18(22)12-16-6-4-3-5-7-16/h6,17H,3-5,7-15H2,1-2H3. The molecule has 2 saturated heterocycles. The van der Waals surface area contributed by atoms with Gasteiger partial charge in [-0.05, 0) is 57.4 Å². The van der Waals surface area contributed by atoms with Crippen molar-refractivity contribution in [1.29, 1.82) is 0 Å². The van der Waals surface area contributed by atoms with Crippen LogP contribution in [-0.2, 0) is 9.53 Å². The Morgan fingerprint density at radius 1 is 1.35 bits per heavy atom. The SMILES string of the molecule is COCC1CC2(CCN(C(=O)CC3=CCCCC3)CC2)CN1C. The number of piperidine rings is 1. The number of ether oxygens (including phenoxy) is 1. The fourth-order valence-electron chi connectivity index (χ4n) is 4.72. The second-order valence-corrected chi connectivity index (χ2v) is 7.89. The highest BCUT2D eigenvalue weighted by Crippen LogP contribution is 2.43. The van der Waals surface area contributed by atoms with Gasteiger partial charge in [-0.2, -0.15) is 0 Å². The monoisotopic (exact) mass is 320 g/mol. The third kappa shape index (κ3) is 3.97. The summed E-state index contributed by atoms with van der Waals surface area (Å²) in [6.07, 6.45) is 11.4. The smallest absolute Gasteiger partial charge is 0.226 e. The van der Waals surface area contributed by atoms with E-state index in [0.29, 0.717) is 23.8 Å². The third-order valence-electron chi connectivity index (χ3n) is 6.18. The molecule has 1 unspecified atom stereocenters. The van der Waals surface area contributed by atoms with Crippen molar-refractivity contribution in [2.75, 3.05) is 40.4 Å². The minimum atomic E-state index is 0.354. The van der Waals surface area contributed by atoms with Crippen molar-refractivity contribution in [3.8, 4) is 0 Å². The van der Waals surface area contributed by atoms with E-state index in [0.717, 1.165) is 45.5 Å². The summed E-state index contributed by atoms with van der Waals surface area (Å²) in [6.45, 7) is 3.88. The van der Waals surface area contributed by atoms with Gasteiger partial charge in [0.1, 0.15) is 0 Å². The van der Waals surface area contributed by atoms with Crippen LogP contribution < -0.4 is 0 Å². The number of rotatable bonds is 4. The van der Waals surface area contributed by atoms with E-state index in [9.17, 15) is 4.79 Å². The molecule has 4 heteroatoms. The summed E-state index contributed by atoms with van der Waals surface area (Å²) in [7, 11) is 4.01. The van der Waals surface area contributed by atoms with Crippen LogP contribution in [0, 0.1) is 5.41 Å². The molecule has 2 aliphatic heterocycles. The number of allylic oxidation sites excluding steroid dienone is 1. The van der Waals surface area contributed by atoms with Crippen molar-refractivity contribution in [1.82, 2.24) is 9.80 Å². The van der Waals surface area contributed by atoms with Gasteiger partial charge < -0.3 is 14.5 Å². The highest BCUT2D eigenvalue weighted by molar-refractivity contribution is 5.78. The minimum absolute atomic E-state index is 0.354. The molecule has 2 heterocycles. The number of hydrogen-bond acceptors (Lipinski definition) is 3. The molecule has 1 spiro atoms. The average molecular weight is 320 g/mol. The summed E-state index contributed by atoms with van der Waals surface area (Å²) in [5.74, 6) is 0.354. The maximum atomic E-state index is 12.6. The first-order valence-corrected chi connectivity index (χ1v) is 9.27. The first-order chi connectivity index (χ1) is 11.1. The summed E-state index contributed by atoms with van der Waals surface area (Å²) in [5.41, 5.74) is 1.79. The van der Waals surface area contributed by atoms with Gasteiger partial charge in [-0.3, -0.25) is 4.79 Å². The van der Waals surface area contributed by atoms with E-state index in [1.165, 1.54) is 31.3 Å². The summed E-state index contributed by atoms with van der Waals surface area (Å²) < 4.78 is 5.36. The predicted molar refractivity (Wildman–Crippen MR) is 92.3 cm³/mol. The molecule has 3 aliphatic rings. The van der Waals surface area contributed by atoms with E-state index in [1.54, 1.807) is 7.11 Å². The molecule has 1 amide bonds. The van der Waals surface area contributed by atoms with Gasteiger partial charge in [-0.25, -0.2) is 0 Å². The first kappa shape index (κ1) is 17.0. The van der Waals surface area contributed by atoms with E-state index in [4.69, 9.17) is 4.74 Å². The Labute approximate surface area is 140 Å². The van der Waals surface area contributed by atoms with Crippen LogP contribution in [-0.4, -0.2) is 62.1 Å². The molecule has 0 saturated carbocycles. The Morgan fingerprint density at radius 2 is 2.13 bits per heavy atom. The quantitative estimate of drug-likeness (QED) is 0.747. The fraction of sp³-hybridized carbons (Fsp3) is 0.842. The Balaban J connectivity index is 1.50. The van der Waals surface area contributed by atoms with E-state index in [2.05, 4.69) is 22.9 Å². The molecule has 4 nitrogen and oxygen atoms in total. The van der Waals surface area contributed by atoms with E-state index in [1.807, 2.05) is 0 Å². The molecule has 0 aromatic heterocycles. The Hall–Kier alpha value is -0.870. The molecule has 0 aromatic rings. The van der Waals surface area contributed by atoms with E-state index in [-0.39, 0.29) is 0 Å². The number of carbonyl (C=O) groups excluding carboxylic acids is 1. The second-order valence-electron chi connectivity index (χ2n) is 7.89. The van der Waals surface area contributed by atoms with Crippen LogP contribution in [0.1, 0.15) is 51.4 Å². The molecule has 130 valence electrons. The molecule has 0 bridgehead atoms. The Kier molecular flexibility index (Phi) is 5.42. The number of carbonyl (C=O) groups is 1. The van der Waals surface area contributed by atoms with Crippen LogP contribution >= 0.6 is 0 Å². The van der Waals surface area contributed by atoms with Crippen LogP contribution in [0.5, 0.6) is 0 Å². The van der Waals surface area contributed by atoms with Crippen molar-refractivity contribution < 1.29 is 9.53 Å². The van der Waals surface area contributed by atoms with Gasteiger partial charge in [-0.1, -0.05) is 11.6 Å². The molecule has 0 radical (unpaired) electrons. The van der Waals surface area contributed by atoms with Crippen LogP contribution in [0.25, 0.3) is 0 Å². The maximum absolute atomic E-state index is 12.6. The van der Waals surface area contributed by atoms with E-state index < -0.39 is 0 Å². The summed E-state index contributed by atoms with van der Waals surface area (Å²) in [5, 5.41) is 0. The summed E-state index contributed by atoms with van der Waals surface area (Å²) >= 11 is 0. The predicted octanol–water partition coefficient (Wildman–Crippen LogP) is 2.84. The maximum Gasteiger partial charge on any atom is 0.226 e. The van der Waals surface area contributed by atoms with Gasteiger partial charge in [0.05, 0.1) is 6.61 Å². The van der Waals surface area contributed by atoms with Crippen LogP contribution in [0.15, 0.2) is 11.6 Å². The zero-order chi connectivity index (χ0) is 16.3. The Bertz CT molecular complexity index is 452. The zero-order valence-electron chi connectivity index (χ0n) is 14.9. The molecular formula is C19H32N2O2. The number of likely N-dealkylation sites (N-methyl/N-ethyl adjacent to an activating group) is 1. The second kappa shape index (κ2) is 7.35. The van der Waals surface area contributed by atoms with Crippen molar-refractivity contribution in [2.24, 2.45) is 5.41 Å². The summed E-state index contributed by atoms with van der Waals surface area (Å²) in [6, 6.07) is 0.551. The lowest BCUT2D eigenvalue weighted by molar-refractivity contribution is -0.132. The lowest BCUT2D eigenvalue weighted by atomic mass is 9.76. The average Bonchev–Trinajstić information content (AvgIpc) is 2.85. The molecule has 23 heavy (non-hydrogen) atoms. The van der Waals surface area contributed by atoms with Crippen molar-refractivity contribution in [2.45, 2.75) is 57.4 Å². The summed E-state index contributed by atoms with van der Waals surface area (Å²) in [4.78, 5) is 17.1. The largest absolute Gasteiger partial charge is 0.383 e. The van der Waals surface area contributed by atoms with Crippen molar-refractivity contribution >= 4 is 5.91 Å². The normalized spacial score (nSPS) is 28.2. The lowest BCUT2D eigenvalue weighted by Crippen LogP contribution is -2.44. The van der Waals surface area contributed by atoms with Gasteiger partial charge in [-0.15, -0.1) is 0 Å². The van der Waals surface area contributed by atoms with Gasteiger partial charge in [0.2, 0.25) is 5.91 Å². The number of hydrogen-bond donors (Lipinski definition) is 0. The molecule has 0 N–H and O–H groups in total. The zero-order valence-corrected chi connectivity index (χ0v) is 14.9. The van der Waals surface area contributed by atoms with Crippen LogP contribution in [0.4, 0.5) is 0 Å². The number of amides is 1. The minimum Gasteiger partial charge on any atom is -0.383 e. The van der Waals surface area contributed by atoms with Gasteiger partial charge in [0, 0.05) is 39.2 Å². The van der Waals surface area contributed by atoms with Crippen LogP contribution in [0.2, 0.25) is 0 Å². The Morgan fingerprint density at radius 3 is 2.78 bits per heavy atom. The molecule has 0 aromatic carbocycles. The highest BCUT2D eigenvalue weighted by Gasteiger charge is 2.44. The lowest BCUT2D eigenvalue weighted by Gasteiger charge is -2.39. The first-order valence-electron chi connectivity index (χ1n) is 9.27. The van der Waals surface area contributed by atoms with Crippen molar-refractivity contribution in [3.63, 3.8) is 0 Å². The number of nitrogens with zero attached hydrogens (tertiary/aromatic N) is 2. The number of methoxy groups -OCH3 is 1. The van der Waals surface area contributed by atoms with Crippen molar-refractivity contribution in [3.05, 3.63) is 11.6 Å². The topological polar surface area (TPSA) is 32.8 Å². The molecule has 3 rings (SSSR count). The van der Waals surface area contributed by atoms with Gasteiger partial charge in [0.25, 0.3) is 0 Å². The highest BCUT2D eigenvalue weighted by atomic mass is 16.5. The molecule has 2 fully saturated rings. The van der Waals surface area contributed by atoms with Gasteiger partial charge in [0.15, 0.2) is 0 Å².